The molecule has 1 heteroatoms. The van der Waals surface area contributed by atoms with Crippen LogP contribution in [0, 0.1) is 5.92 Å². The third kappa shape index (κ3) is 1.64. The van der Waals surface area contributed by atoms with E-state index >= 15 is 0 Å². The average molecular weight is 204 g/mol. The van der Waals surface area contributed by atoms with E-state index in [1.54, 1.807) is 7.11 Å². The van der Waals surface area contributed by atoms with Gasteiger partial charge in [0, 0.05) is 0 Å². The standard InChI is InChI=1S/C14H20O/c1-10-5-6-11-9-12(15-4)7-8-13(11)14(10,2)3/h7-10H,5-6H2,1-4H3. The largest absolute Gasteiger partial charge is 0.497 e. The first-order valence-corrected chi connectivity index (χ1v) is 5.73. The minimum Gasteiger partial charge on any atom is -0.497 e. The Bertz CT molecular complexity index is 366. The molecule has 0 spiro atoms. The summed E-state index contributed by atoms with van der Waals surface area (Å²) in [6.07, 6.45) is 2.48. The molecule has 1 aliphatic carbocycles. The smallest absolute Gasteiger partial charge is 0.119 e. The normalized spacial score (nSPS) is 23.3. The first-order valence-electron chi connectivity index (χ1n) is 5.73. The van der Waals surface area contributed by atoms with Gasteiger partial charge in [-0.15, -0.1) is 0 Å². The number of aryl methyl sites for hydroxylation is 1. The topological polar surface area (TPSA) is 9.23 Å². The maximum Gasteiger partial charge on any atom is 0.119 e. The van der Waals surface area contributed by atoms with Crippen molar-refractivity contribution < 1.29 is 4.74 Å². The number of ether oxygens (including phenoxy) is 1. The Morgan fingerprint density at radius 2 is 2.07 bits per heavy atom. The lowest BCUT2D eigenvalue weighted by molar-refractivity contribution is 0.301. The third-order valence-electron chi connectivity index (χ3n) is 4.09. The molecule has 1 unspecified atom stereocenters. The Labute approximate surface area is 92.5 Å². The molecule has 1 aromatic rings. The third-order valence-corrected chi connectivity index (χ3v) is 4.09. The molecule has 0 heterocycles. The highest BCUT2D eigenvalue weighted by Gasteiger charge is 2.33. The Morgan fingerprint density at radius 3 is 2.73 bits per heavy atom. The van der Waals surface area contributed by atoms with Gasteiger partial charge in [-0.05, 0) is 47.4 Å². The van der Waals surface area contributed by atoms with Crippen LogP contribution < -0.4 is 4.74 Å². The molecule has 0 radical (unpaired) electrons. The fourth-order valence-corrected chi connectivity index (χ4v) is 2.53. The molecule has 1 aromatic carbocycles. The van der Waals surface area contributed by atoms with Crippen molar-refractivity contribution in [2.75, 3.05) is 7.11 Å². The van der Waals surface area contributed by atoms with Crippen molar-refractivity contribution in [2.24, 2.45) is 5.92 Å². The van der Waals surface area contributed by atoms with Gasteiger partial charge in [-0.2, -0.15) is 0 Å². The molecule has 0 amide bonds. The van der Waals surface area contributed by atoms with Gasteiger partial charge in [0.15, 0.2) is 0 Å². The highest BCUT2D eigenvalue weighted by Crippen LogP contribution is 2.41. The zero-order valence-electron chi connectivity index (χ0n) is 10.1. The summed E-state index contributed by atoms with van der Waals surface area (Å²) in [6, 6.07) is 6.52. The Morgan fingerprint density at radius 1 is 1.33 bits per heavy atom. The van der Waals surface area contributed by atoms with E-state index in [4.69, 9.17) is 4.74 Å². The van der Waals surface area contributed by atoms with Gasteiger partial charge in [-0.1, -0.05) is 26.8 Å². The molecular formula is C14H20O. The molecular weight excluding hydrogens is 184 g/mol. The predicted molar refractivity (Wildman–Crippen MR) is 63.5 cm³/mol. The van der Waals surface area contributed by atoms with Crippen molar-refractivity contribution in [1.29, 1.82) is 0 Å². The van der Waals surface area contributed by atoms with E-state index in [1.165, 1.54) is 24.0 Å². The minimum absolute atomic E-state index is 0.305. The molecule has 0 N–H and O–H groups in total. The molecule has 1 aliphatic rings. The Balaban J connectivity index is 2.48. The van der Waals surface area contributed by atoms with Gasteiger partial charge in [0.1, 0.15) is 5.75 Å². The van der Waals surface area contributed by atoms with Crippen molar-refractivity contribution in [3.63, 3.8) is 0 Å². The summed E-state index contributed by atoms with van der Waals surface area (Å²) in [4.78, 5) is 0. The SMILES string of the molecule is COc1ccc2c(c1)CCC(C)C2(C)C. The zero-order chi connectivity index (χ0) is 11.1. The first-order chi connectivity index (χ1) is 7.05. The summed E-state index contributed by atoms with van der Waals surface area (Å²) in [5.74, 6) is 1.75. The quantitative estimate of drug-likeness (QED) is 0.679. The lowest BCUT2D eigenvalue weighted by Crippen LogP contribution is -2.32. The number of fused-ring (bicyclic) bond motifs is 1. The second-order valence-corrected chi connectivity index (χ2v) is 5.18. The van der Waals surface area contributed by atoms with E-state index in [0.717, 1.165) is 11.7 Å². The zero-order valence-corrected chi connectivity index (χ0v) is 10.1. The van der Waals surface area contributed by atoms with Crippen LogP contribution in [0.2, 0.25) is 0 Å². The fraction of sp³-hybridized carbons (Fsp3) is 0.571. The van der Waals surface area contributed by atoms with Crippen molar-refractivity contribution in [3.8, 4) is 5.75 Å². The minimum atomic E-state index is 0.305. The van der Waals surface area contributed by atoms with Crippen LogP contribution in [-0.4, -0.2) is 7.11 Å². The molecule has 0 saturated carbocycles. The maximum absolute atomic E-state index is 5.28. The van der Waals surface area contributed by atoms with Crippen LogP contribution >= 0.6 is 0 Å². The number of rotatable bonds is 1. The number of methoxy groups -OCH3 is 1. The second kappa shape index (κ2) is 3.55. The van der Waals surface area contributed by atoms with Crippen LogP contribution in [0.4, 0.5) is 0 Å². The van der Waals surface area contributed by atoms with Crippen LogP contribution in [0.5, 0.6) is 5.75 Å². The van der Waals surface area contributed by atoms with Gasteiger partial charge in [0.05, 0.1) is 7.11 Å². The summed E-state index contributed by atoms with van der Waals surface area (Å²) in [5, 5.41) is 0. The molecule has 1 nitrogen and oxygen atoms in total. The van der Waals surface area contributed by atoms with Crippen molar-refractivity contribution in [1.82, 2.24) is 0 Å². The van der Waals surface area contributed by atoms with Gasteiger partial charge >= 0.3 is 0 Å². The van der Waals surface area contributed by atoms with Crippen LogP contribution in [0.15, 0.2) is 18.2 Å². The highest BCUT2D eigenvalue weighted by atomic mass is 16.5. The molecule has 0 fully saturated rings. The van der Waals surface area contributed by atoms with Crippen molar-refractivity contribution >= 4 is 0 Å². The summed E-state index contributed by atoms with van der Waals surface area (Å²) in [6.45, 7) is 7.05. The summed E-state index contributed by atoms with van der Waals surface area (Å²) < 4.78 is 5.28. The van der Waals surface area contributed by atoms with Gasteiger partial charge in [-0.25, -0.2) is 0 Å². The molecule has 0 saturated heterocycles. The Kier molecular flexibility index (Phi) is 2.49. The van der Waals surface area contributed by atoms with Crippen LogP contribution in [-0.2, 0) is 11.8 Å². The summed E-state index contributed by atoms with van der Waals surface area (Å²) >= 11 is 0. The fourth-order valence-electron chi connectivity index (χ4n) is 2.53. The molecule has 0 bridgehead atoms. The molecule has 15 heavy (non-hydrogen) atoms. The van der Waals surface area contributed by atoms with E-state index in [9.17, 15) is 0 Å². The number of hydrogen-bond donors (Lipinski definition) is 0. The lowest BCUT2D eigenvalue weighted by atomic mass is 9.66. The van der Waals surface area contributed by atoms with Crippen molar-refractivity contribution in [3.05, 3.63) is 29.3 Å². The van der Waals surface area contributed by atoms with E-state index in [0.29, 0.717) is 5.41 Å². The molecule has 1 atom stereocenters. The number of hydrogen-bond acceptors (Lipinski definition) is 1. The van der Waals surface area contributed by atoms with Gasteiger partial charge in [-0.3, -0.25) is 0 Å². The predicted octanol–water partition coefficient (Wildman–Crippen LogP) is 3.56. The van der Waals surface area contributed by atoms with E-state index in [2.05, 4.69) is 39.0 Å². The van der Waals surface area contributed by atoms with Crippen LogP contribution in [0.3, 0.4) is 0 Å². The van der Waals surface area contributed by atoms with E-state index in [-0.39, 0.29) is 0 Å². The summed E-state index contributed by atoms with van der Waals surface area (Å²) in [7, 11) is 1.73. The molecule has 0 aromatic heterocycles. The molecule has 2 rings (SSSR count). The Hall–Kier alpha value is -0.980. The first kappa shape index (κ1) is 10.5. The average Bonchev–Trinajstić information content (AvgIpc) is 2.23. The van der Waals surface area contributed by atoms with Crippen LogP contribution in [0.25, 0.3) is 0 Å². The van der Waals surface area contributed by atoms with Gasteiger partial charge in [0.2, 0.25) is 0 Å². The van der Waals surface area contributed by atoms with E-state index in [1.807, 2.05) is 0 Å². The monoisotopic (exact) mass is 204 g/mol. The maximum atomic E-state index is 5.28. The van der Waals surface area contributed by atoms with Crippen LogP contribution in [0.1, 0.15) is 38.3 Å². The molecule has 0 aliphatic heterocycles. The second-order valence-electron chi connectivity index (χ2n) is 5.18. The van der Waals surface area contributed by atoms with Gasteiger partial charge in [0.25, 0.3) is 0 Å². The summed E-state index contributed by atoms with van der Waals surface area (Å²) in [5.41, 5.74) is 3.28. The van der Waals surface area contributed by atoms with E-state index < -0.39 is 0 Å². The number of benzene rings is 1. The van der Waals surface area contributed by atoms with Crippen molar-refractivity contribution in [2.45, 2.75) is 39.0 Å². The molecule has 82 valence electrons. The highest BCUT2D eigenvalue weighted by molar-refractivity contribution is 5.41. The lowest BCUT2D eigenvalue weighted by Gasteiger charge is -2.38. The van der Waals surface area contributed by atoms with Gasteiger partial charge < -0.3 is 4.74 Å².